The predicted molar refractivity (Wildman–Crippen MR) is 70.8 cm³/mol. The fraction of sp³-hybridized carbons (Fsp3) is 0.357. The number of nitriles is 1. The molecule has 0 aliphatic carbocycles. The molecule has 6 nitrogen and oxygen atoms in total. The first-order chi connectivity index (χ1) is 9.70. The van der Waals surface area contributed by atoms with E-state index in [2.05, 4.69) is 0 Å². The van der Waals surface area contributed by atoms with Crippen molar-refractivity contribution in [3.8, 4) is 11.8 Å². The molecule has 1 heterocycles. The molecule has 1 aromatic carbocycles. The SMILES string of the molecule is N#CCC(=O)N1CCN(C(=O)Oc2ccccc2)CC1. The normalized spacial score (nSPS) is 14.6. The van der Waals surface area contributed by atoms with Gasteiger partial charge in [0.1, 0.15) is 12.2 Å². The second-order valence-corrected chi connectivity index (χ2v) is 4.38. The highest BCUT2D eigenvalue weighted by Gasteiger charge is 2.24. The van der Waals surface area contributed by atoms with Gasteiger partial charge in [0, 0.05) is 26.2 Å². The van der Waals surface area contributed by atoms with Gasteiger partial charge in [0.05, 0.1) is 6.07 Å². The summed E-state index contributed by atoms with van der Waals surface area (Å²) < 4.78 is 5.23. The maximum atomic E-state index is 11.9. The Balaban J connectivity index is 1.83. The van der Waals surface area contributed by atoms with Crippen LogP contribution >= 0.6 is 0 Å². The minimum absolute atomic E-state index is 0.117. The fourth-order valence-electron chi connectivity index (χ4n) is 1.97. The Morgan fingerprint density at radius 2 is 1.70 bits per heavy atom. The fourth-order valence-corrected chi connectivity index (χ4v) is 1.97. The maximum Gasteiger partial charge on any atom is 0.415 e. The van der Waals surface area contributed by atoms with Crippen LogP contribution in [0.1, 0.15) is 6.42 Å². The average Bonchev–Trinajstić information content (AvgIpc) is 2.48. The number of ether oxygens (including phenoxy) is 1. The molecule has 1 aromatic rings. The molecule has 1 saturated heterocycles. The van der Waals surface area contributed by atoms with Crippen molar-refractivity contribution in [3.05, 3.63) is 30.3 Å². The Kier molecular flexibility index (Phi) is 4.56. The molecule has 2 rings (SSSR count). The minimum Gasteiger partial charge on any atom is -0.410 e. The van der Waals surface area contributed by atoms with Crippen molar-refractivity contribution in [2.45, 2.75) is 6.42 Å². The number of nitrogens with zero attached hydrogens (tertiary/aromatic N) is 3. The summed E-state index contributed by atoms with van der Waals surface area (Å²) in [5.41, 5.74) is 0. The topological polar surface area (TPSA) is 73.6 Å². The summed E-state index contributed by atoms with van der Waals surface area (Å²) in [6, 6.07) is 10.7. The van der Waals surface area contributed by atoms with Crippen molar-refractivity contribution in [2.75, 3.05) is 26.2 Å². The zero-order chi connectivity index (χ0) is 14.4. The van der Waals surface area contributed by atoms with Crippen LogP contribution in [0.2, 0.25) is 0 Å². The lowest BCUT2D eigenvalue weighted by atomic mass is 10.3. The molecule has 0 atom stereocenters. The molecular formula is C14H15N3O3. The van der Waals surface area contributed by atoms with Crippen molar-refractivity contribution < 1.29 is 14.3 Å². The summed E-state index contributed by atoms with van der Waals surface area (Å²) in [4.78, 5) is 26.6. The van der Waals surface area contributed by atoms with Crippen LogP contribution in [0.3, 0.4) is 0 Å². The molecule has 1 aliphatic heterocycles. The van der Waals surface area contributed by atoms with Gasteiger partial charge in [0.2, 0.25) is 5.91 Å². The zero-order valence-corrected chi connectivity index (χ0v) is 11.0. The van der Waals surface area contributed by atoms with Gasteiger partial charge in [-0.2, -0.15) is 5.26 Å². The highest BCUT2D eigenvalue weighted by atomic mass is 16.6. The van der Waals surface area contributed by atoms with Gasteiger partial charge in [0.25, 0.3) is 0 Å². The van der Waals surface area contributed by atoms with Crippen LogP contribution in [0.5, 0.6) is 5.75 Å². The van der Waals surface area contributed by atoms with Gasteiger partial charge in [-0.25, -0.2) is 4.79 Å². The van der Waals surface area contributed by atoms with Crippen LogP contribution in [0, 0.1) is 11.3 Å². The number of amides is 2. The van der Waals surface area contributed by atoms with E-state index in [0.29, 0.717) is 31.9 Å². The number of para-hydroxylation sites is 1. The largest absolute Gasteiger partial charge is 0.415 e. The van der Waals surface area contributed by atoms with Gasteiger partial charge < -0.3 is 14.5 Å². The maximum absolute atomic E-state index is 11.9. The van der Waals surface area contributed by atoms with E-state index in [4.69, 9.17) is 10.00 Å². The molecule has 2 amide bonds. The summed E-state index contributed by atoms with van der Waals surface area (Å²) in [6.07, 6.45) is -0.530. The highest BCUT2D eigenvalue weighted by Crippen LogP contribution is 2.12. The lowest BCUT2D eigenvalue weighted by Crippen LogP contribution is -2.51. The average molecular weight is 273 g/mol. The quantitative estimate of drug-likeness (QED) is 0.812. The van der Waals surface area contributed by atoms with Gasteiger partial charge in [-0.15, -0.1) is 0 Å². The van der Waals surface area contributed by atoms with E-state index in [9.17, 15) is 9.59 Å². The van der Waals surface area contributed by atoms with Crippen LogP contribution < -0.4 is 4.74 Å². The van der Waals surface area contributed by atoms with Crippen molar-refractivity contribution in [1.82, 2.24) is 9.80 Å². The Bertz CT molecular complexity index is 516. The van der Waals surface area contributed by atoms with Crippen LogP contribution in [0.15, 0.2) is 30.3 Å². The van der Waals surface area contributed by atoms with Crippen molar-refractivity contribution in [1.29, 1.82) is 5.26 Å². The summed E-state index contributed by atoms with van der Waals surface area (Å²) in [5, 5.41) is 8.49. The number of rotatable bonds is 2. The molecule has 0 spiro atoms. The van der Waals surface area contributed by atoms with Crippen LogP contribution in [0.25, 0.3) is 0 Å². The first kappa shape index (κ1) is 13.9. The van der Waals surface area contributed by atoms with Crippen LogP contribution in [0.4, 0.5) is 4.79 Å². The summed E-state index contributed by atoms with van der Waals surface area (Å²) >= 11 is 0. The summed E-state index contributed by atoms with van der Waals surface area (Å²) in [6.45, 7) is 1.71. The molecule has 0 aromatic heterocycles. The zero-order valence-electron chi connectivity index (χ0n) is 11.0. The molecule has 1 fully saturated rings. The Morgan fingerprint density at radius 1 is 1.10 bits per heavy atom. The first-order valence-electron chi connectivity index (χ1n) is 6.37. The first-order valence-corrected chi connectivity index (χ1v) is 6.37. The molecule has 0 bridgehead atoms. The molecule has 6 heteroatoms. The third-order valence-electron chi connectivity index (χ3n) is 3.07. The van der Waals surface area contributed by atoms with Crippen LogP contribution in [-0.4, -0.2) is 48.0 Å². The van der Waals surface area contributed by atoms with Gasteiger partial charge in [-0.05, 0) is 12.1 Å². The smallest absolute Gasteiger partial charge is 0.410 e. The van der Waals surface area contributed by atoms with E-state index in [1.807, 2.05) is 12.1 Å². The van der Waals surface area contributed by atoms with E-state index in [1.165, 1.54) is 0 Å². The second kappa shape index (κ2) is 6.57. The lowest BCUT2D eigenvalue weighted by molar-refractivity contribution is -0.131. The van der Waals surface area contributed by atoms with Crippen molar-refractivity contribution >= 4 is 12.0 Å². The van der Waals surface area contributed by atoms with Crippen molar-refractivity contribution in [3.63, 3.8) is 0 Å². The summed E-state index contributed by atoms with van der Waals surface area (Å²) in [7, 11) is 0. The molecule has 1 aliphatic rings. The van der Waals surface area contributed by atoms with E-state index in [0.717, 1.165) is 0 Å². The van der Waals surface area contributed by atoms with Gasteiger partial charge in [-0.1, -0.05) is 18.2 Å². The Morgan fingerprint density at radius 3 is 2.30 bits per heavy atom. The van der Waals surface area contributed by atoms with E-state index >= 15 is 0 Å². The monoisotopic (exact) mass is 273 g/mol. The van der Waals surface area contributed by atoms with Gasteiger partial charge in [-0.3, -0.25) is 4.79 Å². The molecule has 0 unspecified atom stereocenters. The second-order valence-electron chi connectivity index (χ2n) is 4.38. The van der Waals surface area contributed by atoms with E-state index in [-0.39, 0.29) is 12.3 Å². The minimum atomic E-state index is -0.413. The summed E-state index contributed by atoms with van der Waals surface area (Å²) in [5.74, 6) is 0.309. The van der Waals surface area contributed by atoms with Crippen molar-refractivity contribution in [2.24, 2.45) is 0 Å². The van der Waals surface area contributed by atoms with Crippen LogP contribution in [-0.2, 0) is 4.79 Å². The molecule has 0 saturated carbocycles. The number of benzene rings is 1. The predicted octanol–water partition coefficient (Wildman–Crippen LogP) is 1.24. The molecular weight excluding hydrogens is 258 g/mol. The number of piperazine rings is 1. The number of carbonyl (C=O) groups excluding carboxylic acids is 2. The lowest BCUT2D eigenvalue weighted by Gasteiger charge is -2.33. The third kappa shape index (κ3) is 3.48. The van der Waals surface area contributed by atoms with E-state index in [1.54, 1.807) is 34.1 Å². The molecule has 0 radical (unpaired) electrons. The molecule has 104 valence electrons. The Hall–Kier alpha value is -2.55. The number of carbonyl (C=O) groups is 2. The highest BCUT2D eigenvalue weighted by molar-refractivity contribution is 5.78. The number of hydrogen-bond donors (Lipinski definition) is 0. The van der Waals surface area contributed by atoms with E-state index < -0.39 is 6.09 Å². The standard InChI is InChI=1S/C14H15N3O3/c15-7-6-13(18)16-8-10-17(11-9-16)14(19)20-12-4-2-1-3-5-12/h1-5H,6,8-11H2. The van der Waals surface area contributed by atoms with Gasteiger partial charge >= 0.3 is 6.09 Å². The van der Waals surface area contributed by atoms with Gasteiger partial charge in [0.15, 0.2) is 0 Å². The Labute approximate surface area is 117 Å². The molecule has 20 heavy (non-hydrogen) atoms. The molecule has 0 N–H and O–H groups in total. The number of hydrogen-bond acceptors (Lipinski definition) is 4. The third-order valence-corrected chi connectivity index (χ3v) is 3.07.